The third-order valence-corrected chi connectivity index (χ3v) is 5.22. The Labute approximate surface area is 182 Å². The van der Waals surface area contributed by atoms with E-state index in [2.05, 4.69) is 25.1 Å². The molecule has 3 heterocycles. The normalized spacial score (nSPS) is 14.5. The lowest BCUT2D eigenvalue weighted by Gasteiger charge is -2.36. The van der Waals surface area contributed by atoms with Crippen molar-refractivity contribution in [1.82, 2.24) is 20.2 Å². The van der Waals surface area contributed by atoms with Crippen LogP contribution in [0.25, 0.3) is 0 Å². The van der Waals surface area contributed by atoms with Crippen LogP contribution in [-0.2, 0) is 13.0 Å². The lowest BCUT2D eigenvalue weighted by atomic mass is 10.2. The van der Waals surface area contributed by atoms with Crippen molar-refractivity contribution in [3.05, 3.63) is 72.4 Å². The molecule has 0 bridgehead atoms. The fourth-order valence-corrected chi connectivity index (χ4v) is 3.49. The molecule has 0 saturated carbocycles. The summed E-state index contributed by atoms with van der Waals surface area (Å²) in [5, 5.41) is 3.52. The summed E-state index contributed by atoms with van der Waals surface area (Å²) >= 11 is 0. The average Bonchev–Trinajstić information content (AvgIpc) is 3.36. The van der Waals surface area contributed by atoms with Crippen LogP contribution in [0.2, 0.25) is 0 Å². The van der Waals surface area contributed by atoms with Crippen LogP contribution in [0.15, 0.2) is 70.5 Å². The third kappa shape index (κ3) is 5.75. The van der Waals surface area contributed by atoms with Crippen molar-refractivity contribution in [1.29, 1.82) is 0 Å². The third-order valence-electron chi connectivity index (χ3n) is 5.22. The van der Waals surface area contributed by atoms with Gasteiger partial charge in [-0.15, -0.1) is 0 Å². The molecule has 31 heavy (non-hydrogen) atoms. The monoisotopic (exact) mass is 420 g/mol. The Balaban J connectivity index is 1.39. The molecule has 0 unspecified atom stereocenters. The molecule has 8 nitrogen and oxygen atoms in total. The number of anilines is 1. The van der Waals surface area contributed by atoms with Crippen LogP contribution in [0.5, 0.6) is 5.75 Å². The molecule has 0 spiro atoms. The van der Waals surface area contributed by atoms with Crippen molar-refractivity contribution in [2.45, 2.75) is 13.0 Å². The number of aromatic nitrogens is 2. The summed E-state index contributed by atoms with van der Waals surface area (Å²) in [6, 6.07) is 13.8. The van der Waals surface area contributed by atoms with Crippen LogP contribution in [-0.4, -0.2) is 60.7 Å². The van der Waals surface area contributed by atoms with Crippen molar-refractivity contribution in [3.63, 3.8) is 0 Å². The Hall–Kier alpha value is -3.55. The highest BCUT2D eigenvalue weighted by atomic mass is 16.5. The van der Waals surface area contributed by atoms with Crippen molar-refractivity contribution >= 4 is 11.9 Å². The molecule has 0 aliphatic carbocycles. The summed E-state index contributed by atoms with van der Waals surface area (Å²) in [5.41, 5.74) is 1.14. The molecule has 1 aliphatic rings. The summed E-state index contributed by atoms with van der Waals surface area (Å²) in [6.45, 7) is 4.78. The second kappa shape index (κ2) is 10.5. The molecular weight excluding hydrogens is 392 g/mol. The molecule has 1 aliphatic heterocycles. The predicted molar refractivity (Wildman–Crippen MR) is 120 cm³/mol. The number of nitrogens with zero attached hydrogens (tertiary/aromatic N) is 5. The number of hydrogen-bond donors (Lipinski definition) is 1. The lowest BCUT2D eigenvalue weighted by molar-refractivity contribution is 0.368. The first-order chi connectivity index (χ1) is 15.3. The van der Waals surface area contributed by atoms with Crippen LogP contribution < -0.4 is 15.0 Å². The first-order valence-corrected chi connectivity index (χ1v) is 10.5. The van der Waals surface area contributed by atoms with Crippen molar-refractivity contribution in [2.75, 3.05) is 44.7 Å². The first kappa shape index (κ1) is 20.7. The van der Waals surface area contributed by atoms with Gasteiger partial charge in [-0.3, -0.25) is 0 Å². The van der Waals surface area contributed by atoms with Crippen molar-refractivity contribution < 1.29 is 9.15 Å². The number of furan rings is 1. The van der Waals surface area contributed by atoms with Gasteiger partial charge in [0.05, 0.1) is 19.9 Å². The Morgan fingerprint density at radius 3 is 2.52 bits per heavy atom. The standard InChI is InChI=1S/C23H28N6O2/c1-30-20-7-5-19(6-8-20)18-27-23(26-12-9-21-4-2-17-31-21)29-15-13-28(14-16-29)22-24-10-3-11-25-22/h2-8,10-11,17H,9,12-16,18H2,1H3,(H,26,27). The number of ether oxygens (including phenoxy) is 1. The van der Waals surface area contributed by atoms with E-state index in [9.17, 15) is 0 Å². The first-order valence-electron chi connectivity index (χ1n) is 10.5. The highest BCUT2D eigenvalue weighted by molar-refractivity contribution is 5.80. The second-order valence-electron chi connectivity index (χ2n) is 7.27. The van der Waals surface area contributed by atoms with Gasteiger partial charge in [0, 0.05) is 51.5 Å². The topological polar surface area (TPSA) is 79.0 Å². The Morgan fingerprint density at radius 1 is 1.06 bits per heavy atom. The maximum atomic E-state index is 5.45. The van der Waals surface area contributed by atoms with Gasteiger partial charge in [0.15, 0.2) is 5.96 Å². The molecule has 0 radical (unpaired) electrons. The van der Waals surface area contributed by atoms with Crippen LogP contribution in [0, 0.1) is 0 Å². The number of rotatable bonds is 7. The van der Waals surface area contributed by atoms with Gasteiger partial charge < -0.3 is 24.3 Å². The SMILES string of the molecule is COc1ccc(CN=C(NCCc2ccco2)N2CCN(c3ncccn3)CC2)cc1. The molecular formula is C23H28N6O2. The maximum absolute atomic E-state index is 5.45. The number of hydrogen-bond acceptors (Lipinski definition) is 6. The Bertz CT molecular complexity index is 936. The largest absolute Gasteiger partial charge is 0.497 e. The lowest BCUT2D eigenvalue weighted by Crippen LogP contribution is -2.53. The van der Waals surface area contributed by atoms with E-state index in [1.54, 1.807) is 25.8 Å². The fourth-order valence-electron chi connectivity index (χ4n) is 3.49. The van der Waals surface area contributed by atoms with Crippen LogP contribution in [0.3, 0.4) is 0 Å². The number of methoxy groups -OCH3 is 1. The number of nitrogens with one attached hydrogen (secondary N) is 1. The summed E-state index contributed by atoms with van der Waals surface area (Å²) in [7, 11) is 1.67. The van der Waals surface area contributed by atoms with E-state index in [-0.39, 0.29) is 0 Å². The molecule has 1 fully saturated rings. The number of aliphatic imine (C=N–C) groups is 1. The van der Waals surface area contributed by atoms with Gasteiger partial charge in [0.25, 0.3) is 0 Å². The fraction of sp³-hybridized carbons (Fsp3) is 0.348. The van der Waals surface area contributed by atoms with E-state index in [0.29, 0.717) is 6.54 Å². The Kier molecular flexibility index (Phi) is 7.00. The molecule has 1 saturated heterocycles. The van der Waals surface area contributed by atoms with Crippen molar-refractivity contribution in [2.24, 2.45) is 4.99 Å². The van der Waals surface area contributed by atoms with Gasteiger partial charge in [-0.05, 0) is 35.9 Å². The number of guanidine groups is 1. The minimum Gasteiger partial charge on any atom is -0.497 e. The van der Waals surface area contributed by atoms with E-state index in [4.69, 9.17) is 14.1 Å². The van der Waals surface area contributed by atoms with Crippen LogP contribution >= 0.6 is 0 Å². The van der Waals surface area contributed by atoms with Crippen molar-refractivity contribution in [3.8, 4) is 5.75 Å². The second-order valence-corrected chi connectivity index (χ2v) is 7.27. The van der Waals surface area contributed by atoms with Gasteiger partial charge in [-0.1, -0.05) is 12.1 Å². The zero-order chi connectivity index (χ0) is 21.3. The summed E-state index contributed by atoms with van der Waals surface area (Å²) in [4.78, 5) is 18.1. The number of piperazine rings is 1. The molecule has 1 N–H and O–H groups in total. The van der Waals surface area contributed by atoms with Crippen LogP contribution in [0.4, 0.5) is 5.95 Å². The van der Waals surface area contributed by atoms with E-state index in [1.165, 1.54) is 0 Å². The van der Waals surface area contributed by atoms with E-state index < -0.39 is 0 Å². The zero-order valence-corrected chi connectivity index (χ0v) is 17.8. The molecule has 4 rings (SSSR count). The minimum absolute atomic E-state index is 0.606. The highest BCUT2D eigenvalue weighted by Gasteiger charge is 2.21. The number of benzene rings is 1. The molecule has 8 heteroatoms. The van der Waals surface area contributed by atoms with Gasteiger partial charge in [0.2, 0.25) is 5.95 Å². The van der Waals surface area contributed by atoms with Gasteiger partial charge >= 0.3 is 0 Å². The molecule has 0 atom stereocenters. The summed E-state index contributed by atoms with van der Waals surface area (Å²) in [6.07, 6.45) is 6.09. The molecule has 162 valence electrons. The predicted octanol–water partition coefficient (Wildman–Crippen LogP) is 2.59. The van der Waals surface area contributed by atoms with E-state index in [0.717, 1.165) is 68.1 Å². The van der Waals surface area contributed by atoms with Gasteiger partial charge in [-0.2, -0.15) is 0 Å². The van der Waals surface area contributed by atoms with Gasteiger partial charge in [-0.25, -0.2) is 15.0 Å². The summed E-state index contributed by atoms with van der Waals surface area (Å²) in [5.74, 6) is 3.51. The maximum Gasteiger partial charge on any atom is 0.225 e. The molecule has 3 aromatic rings. The van der Waals surface area contributed by atoms with Crippen LogP contribution in [0.1, 0.15) is 11.3 Å². The zero-order valence-electron chi connectivity index (χ0n) is 17.8. The molecule has 0 amide bonds. The minimum atomic E-state index is 0.606. The molecule has 1 aromatic carbocycles. The average molecular weight is 421 g/mol. The van der Waals surface area contributed by atoms with E-state index in [1.807, 2.05) is 42.5 Å². The quantitative estimate of drug-likeness (QED) is 0.465. The van der Waals surface area contributed by atoms with Gasteiger partial charge in [0.1, 0.15) is 11.5 Å². The molecule has 2 aromatic heterocycles. The smallest absolute Gasteiger partial charge is 0.225 e. The van der Waals surface area contributed by atoms with E-state index >= 15 is 0 Å². The highest BCUT2D eigenvalue weighted by Crippen LogP contribution is 2.13. The Morgan fingerprint density at radius 2 is 1.84 bits per heavy atom. The summed E-state index contributed by atoms with van der Waals surface area (Å²) < 4.78 is 10.7.